The van der Waals surface area contributed by atoms with E-state index in [2.05, 4.69) is 132 Å². The molecule has 9 aromatic rings. The zero-order valence-corrected chi connectivity index (χ0v) is 23.2. The average Bonchev–Trinajstić information content (AvgIpc) is 3.48. The van der Waals surface area contributed by atoms with Crippen molar-refractivity contribution in [1.29, 1.82) is 0 Å². The van der Waals surface area contributed by atoms with Gasteiger partial charge < -0.3 is 4.42 Å². The Morgan fingerprint density at radius 3 is 1.53 bits per heavy atom. The fourth-order valence-corrected chi connectivity index (χ4v) is 6.54. The first-order chi connectivity index (χ1) is 21.3. The fourth-order valence-electron chi connectivity index (χ4n) is 6.54. The van der Waals surface area contributed by atoms with Crippen LogP contribution >= 0.6 is 0 Å². The highest BCUT2D eigenvalue weighted by molar-refractivity contribution is 6.23. The molecule has 3 nitrogen and oxygen atoms in total. The van der Waals surface area contributed by atoms with E-state index in [9.17, 15) is 0 Å². The van der Waals surface area contributed by atoms with Gasteiger partial charge in [-0.3, -0.25) is 9.97 Å². The molecule has 0 radical (unpaired) electrons. The molecule has 0 fully saturated rings. The van der Waals surface area contributed by atoms with E-state index < -0.39 is 0 Å². The van der Waals surface area contributed by atoms with Gasteiger partial charge in [0.15, 0.2) is 0 Å². The van der Waals surface area contributed by atoms with Crippen molar-refractivity contribution in [2.45, 2.75) is 0 Å². The van der Waals surface area contributed by atoms with Crippen LogP contribution in [0.3, 0.4) is 0 Å². The van der Waals surface area contributed by atoms with Gasteiger partial charge in [-0.15, -0.1) is 0 Å². The lowest BCUT2D eigenvalue weighted by atomic mass is 9.94. The zero-order chi connectivity index (χ0) is 28.3. The molecule has 0 saturated carbocycles. The third kappa shape index (κ3) is 3.68. The maximum atomic E-state index is 6.65. The predicted molar refractivity (Wildman–Crippen MR) is 178 cm³/mol. The van der Waals surface area contributed by atoms with Crippen molar-refractivity contribution in [3.63, 3.8) is 0 Å². The Labute approximate surface area is 247 Å². The molecule has 2 aromatic heterocycles. The van der Waals surface area contributed by atoms with Crippen LogP contribution in [0.25, 0.3) is 87.9 Å². The van der Waals surface area contributed by atoms with Crippen LogP contribution in [0.2, 0.25) is 0 Å². The summed E-state index contributed by atoms with van der Waals surface area (Å²) in [6, 6.07) is 47.2. The Kier molecular flexibility index (Phi) is 5.20. The van der Waals surface area contributed by atoms with Crippen molar-refractivity contribution >= 4 is 54.5 Å². The summed E-state index contributed by atoms with van der Waals surface area (Å²) in [5.41, 5.74) is 10.5. The highest BCUT2D eigenvalue weighted by Crippen LogP contribution is 2.40. The second kappa shape index (κ2) is 9.37. The highest BCUT2D eigenvalue weighted by Gasteiger charge is 2.16. The maximum absolute atomic E-state index is 6.65. The lowest BCUT2D eigenvalue weighted by Crippen LogP contribution is -1.89. The van der Waals surface area contributed by atoms with Gasteiger partial charge in [0.05, 0.1) is 11.0 Å². The molecule has 9 rings (SSSR count). The number of furan rings is 1. The third-order valence-corrected chi connectivity index (χ3v) is 8.58. The Morgan fingerprint density at radius 1 is 0.349 bits per heavy atom. The van der Waals surface area contributed by atoms with E-state index in [4.69, 9.17) is 9.40 Å². The molecule has 2 heterocycles. The Morgan fingerprint density at radius 2 is 0.860 bits per heavy atom. The molecule has 0 atom stereocenters. The summed E-state index contributed by atoms with van der Waals surface area (Å²) in [5.74, 6) is 0. The first-order valence-electron chi connectivity index (χ1n) is 14.5. The maximum Gasteiger partial charge on any atom is 0.143 e. The molecule has 0 spiro atoms. The molecular formula is C40H24N2O. The molecule has 3 heteroatoms. The fraction of sp³-hybridized carbons (Fsp3) is 0. The molecule has 0 bridgehead atoms. The monoisotopic (exact) mass is 548 g/mol. The van der Waals surface area contributed by atoms with Gasteiger partial charge in [0.2, 0.25) is 0 Å². The number of fused-ring (bicyclic) bond motifs is 9. The molecule has 43 heavy (non-hydrogen) atoms. The molecule has 0 unspecified atom stereocenters. The van der Waals surface area contributed by atoms with Gasteiger partial charge in [0.25, 0.3) is 0 Å². The van der Waals surface area contributed by atoms with Crippen molar-refractivity contribution < 1.29 is 4.42 Å². The van der Waals surface area contributed by atoms with Crippen molar-refractivity contribution in [2.75, 3.05) is 0 Å². The zero-order valence-electron chi connectivity index (χ0n) is 23.2. The van der Waals surface area contributed by atoms with E-state index in [0.717, 1.165) is 71.6 Å². The van der Waals surface area contributed by atoms with Crippen LogP contribution in [0.15, 0.2) is 150 Å². The highest BCUT2D eigenvalue weighted by atomic mass is 16.3. The Balaban J connectivity index is 1.17. The minimum absolute atomic E-state index is 0.916. The van der Waals surface area contributed by atoms with Gasteiger partial charge in [-0.05, 0) is 39.1 Å². The van der Waals surface area contributed by atoms with Crippen LogP contribution in [0.1, 0.15) is 0 Å². The molecule has 0 aliphatic heterocycles. The molecule has 7 aromatic carbocycles. The number of hydrogen-bond donors (Lipinski definition) is 0. The Hall–Kier alpha value is -5.80. The summed E-state index contributed by atoms with van der Waals surface area (Å²) in [6.07, 6.45) is 3.54. The van der Waals surface area contributed by atoms with Gasteiger partial charge in [-0.1, -0.05) is 127 Å². The topological polar surface area (TPSA) is 38.9 Å². The molecule has 0 aliphatic carbocycles. The van der Waals surface area contributed by atoms with E-state index in [-0.39, 0.29) is 0 Å². The molecule has 0 N–H and O–H groups in total. The first kappa shape index (κ1) is 23.9. The number of rotatable bonds is 3. The summed E-state index contributed by atoms with van der Waals surface area (Å²) < 4.78 is 6.65. The van der Waals surface area contributed by atoms with Gasteiger partial charge in [-0.25, -0.2) is 0 Å². The van der Waals surface area contributed by atoms with Crippen LogP contribution < -0.4 is 0 Å². The van der Waals surface area contributed by atoms with Crippen LogP contribution in [0, 0.1) is 0 Å². The SMILES string of the molecule is c1ccc(-c2cccc3c2oc2c(-c4ccc(-c5ccc6c(c5)c5ccccc5c5nccnc65)cc4)cccc23)cc1. The quantitative estimate of drug-likeness (QED) is 0.206. The van der Waals surface area contributed by atoms with Gasteiger partial charge >= 0.3 is 0 Å². The van der Waals surface area contributed by atoms with Crippen LogP contribution in [0.4, 0.5) is 0 Å². The lowest BCUT2D eigenvalue weighted by Gasteiger charge is -2.11. The standard InChI is InChI=1S/C40H24N2O/c1-2-8-26(9-3-1)29-12-6-14-34-35-15-7-13-30(40(35)43-39(29)34)27-18-16-25(17-19-27)28-20-21-33-36(24-28)31-10-4-5-11-32(31)37-38(33)42-23-22-41-37/h1-24H. The molecular weight excluding hydrogens is 524 g/mol. The first-order valence-corrected chi connectivity index (χ1v) is 14.5. The van der Waals surface area contributed by atoms with E-state index in [1.54, 1.807) is 12.4 Å². The summed E-state index contributed by atoms with van der Waals surface area (Å²) in [5, 5.41) is 6.89. The summed E-state index contributed by atoms with van der Waals surface area (Å²) in [4.78, 5) is 9.36. The largest absolute Gasteiger partial charge is 0.455 e. The third-order valence-electron chi connectivity index (χ3n) is 8.58. The normalized spacial score (nSPS) is 11.7. The van der Waals surface area contributed by atoms with Gasteiger partial charge in [0.1, 0.15) is 11.2 Å². The summed E-state index contributed by atoms with van der Waals surface area (Å²) in [7, 11) is 0. The summed E-state index contributed by atoms with van der Waals surface area (Å²) >= 11 is 0. The molecule has 200 valence electrons. The minimum atomic E-state index is 0.916. The number of hydrogen-bond acceptors (Lipinski definition) is 3. The lowest BCUT2D eigenvalue weighted by molar-refractivity contribution is 0.671. The number of para-hydroxylation sites is 2. The van der Waals surface area contributed by atoms with Crippen LogP contribution in [-0.4, -0.2) is 9.97 Å². The van der Waals surface area contributed by atoms with Gasteiger partial charge in [0, 0.05) is 45.1 Å². The summed E-state index contributed by atoms with van der Waals surface area (Å²) in [6.45, 7) is 0. The number of aromatic nitrogens is 2. The minimum Gasteiger partial charge on any atom is -0.455 e. The number of nitrogens with zero attached hydrogens (tertiary/aromatic N) is 2. The van der Waals surface area contributed by atoms with Crippen molar-refractivity contribution in [2.24, 2.45) is 0 Å². The Bertz CT molecular complexity index is 2460. The molecule has 0 amide bonds. The van der Waals surface area contributed by atoms with Crippen molar-refractivity contribution in [3.05, 3.63) is 146 Å². The molecule has 0 saturated heterocycles. The smallest absolute Gasteiger partial charge is 0.143 e. The second-order valence-electron chi connectivity index (χ2n) is 11.0. The van der Waals surface area contributed by atoms with Crippen LogP contribution in [0.5, 0.6) is 0 Å². The average molecular weight is 549 g/mol. The number of benzene rings is 7. The van der Waals surface area contributed by atoms with Crippen molar-refractivity contribution in [1.82, 2.24) is 9.97 Å². The van der Waals surface area contributed by atoms with E-state index in [1.165, 1.54) is 16.3 Å². The second-order valence-corrected chi connectivity index (χ2v) is 11.0. The predicted octanol–water partition coefficient (Wildman–Crippen LogP) is 10.8. The van der Waals surface area contributed by atoms with E-state index in [1.807, 2.05) is 6.07 Å². The van der Waals surface area contributed by atoms with Crippen molar-refractivity contribution in [3.8, 4) is 33.4 Å². The van der Waals surface area contributed by atoms with E-state index >= 15 is 0 Å². The van der Waals surface area contributed by atoms with E-state index in [0.29, 0.717) is 0 Å². The van der Waals surface area contributed by atoms with Crippen LogP contribution in [-0.2, 0) is 0 Å². The van der Waals surface area contributed by atoms with Gasteiger partial charge in [-0.2, -0.15) is 0 Å². The molecule has 0 aliphatic rings.